The van der Waals surface area contributed by atoms with Gasteiger partial charge in [0, 0.05) is 18.6 Å². The van der Waals surface area contributed by atoms with Gasteiger partial charge in [-0.15, -0.1) is 12.4 Å². The Morgan fingerprint density at radius 2 is 1.79 bits per heavy atom. The van der Waals surface area contributed by atoms with Crippen molar-refractivity contribution in [2.75, 3.05) is 7.05 Å². The van der Waals surface area contributed by atoms with Crippen molar-refractivity contribution in [2.24, 2.45) is 11.1 Å². The van der Waals surface area contributed by atoms with Gasteiger partial charge in [0.25, 0.3) is 0 Å². The third kappa shape index (κ3) is 5.39. The summed E-state index contributed by atoms with van der Waals surface area (Å²) in [6.45, 7) is 6.43. The molecule has 0 unspecified atom stereocenters. The Bertz CT molecular complexity index is 412. The summed E-state index contributed by atoms with van der Waals surface area (Å²) in [5.41, 5.74) is 6.77. The molecular weight excluding hydrogens is 283 g/mol. The summed E-state index contributed by atoms with van der Waals surface area (Å²) in [4.78, 5) is 13.8. The summed E-state index contributed by atoms with van der Waals surface area (Å²) in [6, 6.07) is 6.97. The number of likely N-dealkylation sites (N-methyl/N-ethyl adjacent to an activating group) is 1. The van der Waals surface area contributed by atoms with Crippen LogP contribution in [0.2, 0.25) is 5.02 Å². The van der Waals surface area contributed by atoms with Gasteiger partial charge in [-0.2, -0.15) is 0 Å². The topological polar surface area (TPSA) is 46.3 Å². The zero-order valence-corrected chi connectivity index (χ0v) is 13.4. The maximum absolute atomic E-state index is 12.1. The Balaban J connectivity index is 0.00000324. The molecule has 1 aromatic carbocycles. The molecule has 3 nitrogen and oxygen atoms in total. The predicted molar refractivity (Wildman–Crippen MR) is 82.6 cm³/mol. The summed E-state index contributed by atoms with van der Waals surface area (Å²) < 4.78 is 0. The first-order valence-corrected chi connectivity index (χ1v) is 6.34. The lowest BCUT2D eigenvalue weighted by Gasteiger charge is -2.30. The predicted octanol–water partition coefficient (Wildman–Crippen LogP) is 3.09. The molecule has 0 radical (unpaired) electrons. The van der Waals surface area contributed by atoms with E-state index in [1.807, 2.05) is 45.0 Å². The molecule has 19 heavy (non-hydrogen) atoms. The highest BCUT2D eigenvalue weighted by Gasteiger charge is 2.29. The second-order valence-corrected chi connectivity index (χ2v) is 6.10. The van der Waals surface area contributed by atoms with Crippen LogP contribution in [-0.4, -0.2) is 23.9 Å². The lowest BCUT2D eigenvalue weighted by atomic mass is 9.86. The van der Waals surface area contributed by atoms with Gasteiger partial charge in [-0.1, -0.05) is 44.5 Å². The molecule has 0 aliphatic carbocycles. The van der Waals surface area contributed by atoms with E-state index in [0.29, 0.717) is 11.6 Å². The lowest BCUT2D eigenvalue weighted by molar-refractivity contribution is -0.134. The Labute approximate surface area is 126 Å². The summed E-state index contributed by atoms with van der Waals surface area (Å²) >= 11 is 5.82. The van der Waals surface area contributed by atoms with Gasteiger partial charge in [0.2, 0.25) is 5.91 Å². The number of hydrogen-bond donors (Lipinski definition) is 1. The van der Waals surface area contributed by atoms with Crippen LogP contribution in [-0.2, 0) is 11.3 Å². The number of amides is 1. The molecule has 0 aliphatic rings. The minimum absolute atomic E-state index is 0. The molecule has 0 aromatic heterocycles. The van der Waals surface area contributed by atoms with Crippen molar-refractivity contribution in [2.45, 2.75) is 33.4 Å². The first kappa shape index (κ1) is 18.2. The van der Waals surface area contributed by atoms with Gasteiger partial charge < -0.3 is 10.6 Å². The average molecular weight is 305 g/mol. The molecule has 1 atom stereocenters. The summed E-state index contributed by atoms with van der Waals surface area (Å²) in [7, 11) is 1.77. The van der Waals surface area contributed by atoms with Gasteiger partial charge in [0.05, 0.1) is 6.04 Å². The van der Waals surface area contributed by atoms with Crippen LogP contribution >= 0.6 is 24.0 Å². The second kappa shape index (κ2) is 7.13. The van der Waals surface area contributed by atoms with Crippen molar-refractivity contribution in [3.05, 3.63) is 34.9 Å². The number of benzene rings is 1. The van der Waals surface area contributed by atoms with Crippen LogP contribution < -0.4 is 5.73 Å². The van der Waals surface area contributed by atoms with Crippen LogP contribution in [0.3, 0.4) is 0 Å². The molecule has 5 heteroatoms. The first-order valence-electron chi connectivity index (χ1n) is 5.97. The van der Waals surface area contributed by atoms with Crippen molar-refractivity contribution in [3.8, 4) is 0 Å². The molecule has 1 aromatic rings. The van der Waals surface area contributed by atoms with E-state index in [4.69, 9.17) is 17.3 Å². The van der Waals surface area contributed by atoms with E-state index >= 15 is 0 Å². The Hall–Kier alpha value is -0.770. The molecule has 0 spiro atoms. The SMILES string of the molecule is CN(Cc1ccc(Cl)cc1)C(=O)[C@@H](N)C(C)(C)C.Cl. The molecule has 0 bridgehead atoms. The zero-order valence-electron chi connectivity index (χ0n) is 11.8. The smallest absolute Gasteiger partial charge is 0.240 e. The summed E-state index contributed by atoms with van der Waals surface area (Å²) in [5.74, 6) is -0.0440. The largest absolute Gasteiger partial charge is 0.340 e. The molecule has 0 fully saturated rings. The molecule has 0 aliphatic heterocycles. The molecule has 0 saturated carbocycles. The fourth-order valence-corrected chi connectivity index (χ4v) is 1.68. The molecular formula is C14H22Cl2N2O. The van der Waals surface area contributed by atoms with E-state index < -0.39 is 6.04 Å². The molecule has 0 heterocycles. The third-order valence-electron chi connectivity index (χ3n) is 2.91. The third-order valence-corrected chi connectivity index (χ3v) is 3.16. The van der Waals surface area contributed by atoms with Crippen LogP contribution in [0.1, 0.15) is 26.3 Å². The highest BCUT2D eigenvalue weighted by atomic mass is 35.5. The van der Waals surface area contributed by atoms with Crippen molar-refractivity contribution in [1.29, 1.82) is 0 Å². The number of carbonyl (C=O) groups excluding carboxylic acids is 1. The highest BCUT2D eigenvalue weighted by molar-refractivity contribution is 6.30. The van der Waals surface area contributed by atoms with E-state index in [-0.39, 0.29) is 23.7 Å². The molecule has 108 valence electrons. The van der Waals surface area contributed by atoms with Gasteiger partial charge in [-0.3, -0.25) is 4.79 Å². The van der Waals surface area contributed by atoms with Crippen molar-refractivity contribution < 1.29 is 4.79 Å². The Kier molecular flexibility index (Phi) is 6.84. The van der Waals surface area contributed by atoms with E-state index in [9.17, 15) is 4.79 Å². The van der Waals surface area contributed by atoms with Crippen LogP contribution in [0.25, 0.3) is 0 Å². The van der Waals surface area contributed by atoms with E-state index in [1.54, 1.807) is 11.9 Å². The lowest BCUT2D eigenvalue weighted by Crippen LogP contribution is -2.48. The van der Waals surface area contributed by atoms with Gasteiger partial charge in [0.1, 0.15) is 0 Å². The maximum atomic E-state index is 12.1. The van der Waals surface area contributed by atoms with E-state index in [0.717, 1.165) is 5.56 Å². The summed E-state index contributed by atoms with van der Waals surface area (Å²) in [6.07, 6.45) is 0. The Morgan fingerprint density at radius 1 is 1.32 bits per heavy atom. The quantitative estimate of drug-likeness (QED) is 0.933. The van der Waals surface area contributed by atoms with Crippen LogP contribution in [0.4, 0.5) is 0 Å². The average Bonchev–Trinajstić information content (AvgIpc) is 2.29. The monoisotopic (exact) mass is 304 g/mol. The zero-order chi connectivity index (χ0) is 13.9. The van der Waals surface area contributed by atoms with Gasteiger partial charge in [0.15, 0.2) is 0 Å². The van der Waals surface area contributed by atoms with Crippen LogP contribution in [0, 0.1) is 5.41 Å². The number of rotatable bonds is 3. The number of halogens is 2. The number of carbonyl (C=O) groups is 1. The normalized spacial score (nSPS) is 12.5. The van der Waals surface area contributed by atoms with Gasteiger partial charge in [-0.25, -0.2) is 0 Å². The molecule has 2 N–H and O–H groups in total. The molecule has 1 amide bonds. The number of nitrogens with zero attached hydrogens (tertiary/aromatic N) is 1. The minimum atomic E-state index is -0.491. The highest BCUT2D eigenvalue weighted by Crippen LogP contribution is 2.19. The second-order valence-electron chi connectivity index (χ2n) is 5.66. The van der Waals surface area contributed by atoms with Crippen LogP contribution in [0.15, 0.2) is 24.3 Å². The number of hydrogen-bond acceptors (Lipinski definition) is 2. The Morgan fingerprint density at radius 3 is 2.21 bits per heavy atom. The van der Waals surface area contributed by atoms with Crippen molar-refractivity contribution in [3.63, 3.8) is 0 Å². The van der Waals surface area contributed by atoms with E-state index in [1.165, 1.54) is 0 Å². The summed E-state index contributed by atoms with van der Waals surface area (Å²) in [5, 5.41) is 0.694. The van der Waals surface area contributed by atoms with Crippen molar-refractivity contribution >= 4 is 29.9 Å². The fraction of sp³-hybridized carbons (Fsp3) is 0.500. The van der Waals surface area contributed by atoms with Crippen LogP contribution in [0.5, 0.6) is 0 Å². The fourth-order valence-electron chi connectivity index (χ4n) is 1.55. The molecule has 1 rings (SSSR count). The first-order chi connectivity index (χ1) is 8.21. The number of nitrogens with two attached hydrogens (primary N) is 1. The molecule has 0 saturated heterocycles. The van der Waals surface area contributed by atoms with Gasteiger partial charge >= 0.3 is 0 Å². The van der Waals surface area contributed by atoms with Gasteiger partial charge in [-0.05, 0) is 23.1 Å². The maximum Gasteiger partial charge on any atom is 0.240 e. The minimum Gasteiger partial charge on any atom is -0.340 e. The standard InChI is InChI=1S/C14H21ClN2O.ClH/c1-14(2,3)12(16)13(18)17(4)9-10-5-7-11(15)8-6-10;/h5-8,12H,9,16H2,1-4H3;1H/t12-;/m1./s1. The van der Waals surface area contributed by atoms with E-state index in [2.05, 4.69) is 0 Å². The van der Waals surface area contributed by atoms with Crippen molar-refractivity contribution in [1.82, 2.24) is 4.90 Å².